The van der Waals surface area contributed by atoms with Gasteiger partial charge in [-0.2, -0.15) is 0 Å². The summed E-state index contributed by atoms with van der Waals surface area (Å²) in [5.41, 5.74) is 16.9. The smallest absolute Gasteiger partial charge is 0.127 e. The van der Waals surface area contributed by atoms with E-state index in [9.17, 15) is 0 Å². The molecule has 0 spiro atoms. The number of benzene rings is 5. The summed E-state index contributed by atoms with van der Waals surface area (Å²) in [5, 5.41) is 0. The molecule has 5 rings (SSSR count). The number of nitrogen functional groups attached to an aromatic ring is 2. The zero-order valence-corrected chi connectivity index (χ0v) is 21.3. The van der Waals surface area contributed by atoms with Crippen LogP contribution in [-0.2, 0) is 12.8 Å². The Morgan fingerprint density at radius 1 is 0.474 bits per heavy atom. The van der Waals surface area contributed by atoms with Crippen LogP contribution < -0.4 is 20.9 Å². The molecule has 1 atom stereocenters. The molecule has 0 saturated carbocycles. The van der Waals surface area contributed by atoms with Crippen molar-refractivity contribution < 1.29 is 9.47 Å². The van der Waals surface area contributed by atoms with Crippen LogP contribution in [0.25, 0.3) is 0 Å². The molecule has 38 heavy (non-hydrogen) atoms. The third kappa shape index (κ3) is 6.95. The molecule has 190 valence electrons. The summed E-state index contributed by atoms with van der Waals surface area (Å²) < 4.78 is 11.9. The van der Waals surface area contributed by atoms with Gasteiger partial charge in [0.25, 0.3) is 0 Å². The number of rotatable bonds is 10. The zero-order chi connectivity index (χ0) is 26.2. The lowest BCUT2D eigenvalue weighted by Gasteiger charge is -2.19. The molecular formula is C34H32N2O2. The number of nitrogens with two attached hydrogens (primary N) is 2. The quantitative estimate of drug-likeness (QED) is 0.189. The lowest BCUT2D eigenvalue weighted by atomic mass is 9.87. The van der Waals surface area contributed by atoms with Crippen LogP contribution in [0.15, 0.2) is 127 Å². The largest absolute Gasteiger partial charge is 0.457 e. The summed E-state index contributed by atoms with van der Waals surface area (Å²) in [4.78, 5) is 0. The number of hydrogen-bond acceptors (Lipinski definition) is 4. The Balaban J connectivity index is 1.25. The second kappa shape index (κ2) is 12.0. The Hall–Kier alpha value is -4.70. The molecule has 4 heteroatoms. The van der Waals surface area contributed by atoms with Crippen molar-refractivity contribution in [2.24, 2.45) is 0 Å². The van der Waals surface area contributed by atoms with Gasteiger partial charge in [-0.15, -0.1) is 0 Å². The van der Waals surface area contributed by atoms with E-state index in [4.69, 9.17) is 20.9 Å². The highest BCUT2D eigenvalue weighted by Crippen LogP contribution is 2.30. The third-order valence-electron chi connectivity index (χ3n) is 6.61. The SMILES string of the molecule is Nc1ccc(Oc2ccc(CCC(Cc3ccccc3)c3ccc(Oc4ccc(N)cc4)cc3)cc2)cc1. The fourth-order valence-electron chi connectivity index (χ4n) is 4.50. The van der Waals surface area contributed by atoms with E-state index in [1.165, 1.54) is 16.7 Å². The molecule has 5 aromatic carbocycles. The van der Waals surface area contributed by atoms with Crippen molar-refractivity contribution in [1.29, 1.82) is 0 Å². The van der Waals surface area contributed by atoms with Crippen molar-refractivity contribution in [3.05, 3.63) is 144 Å². The maximum atomic E-state index is 6.00. The molecule has 0 heterocycles. The molecule has 0 aromatic heterocycles. The van der Waals surface area contributed by atoms with Gasteiger partial charge in [-0.1, -0.05) is 54.6 Å². The third-order valence-corrected chi connectivity index (χ3v) is 6.61. The predicted octanol–water partition coefficient (Wildman–Crippen LogP) is 8.39. The molecule has 0 saturated heterocycles. The van der Waals surface area contributed by atoms with E-state index in [1.807, 2.05) is 72.8 Å². The minimum Gasteiger partial charge on any atom is -0.457 e. The molecule has 0 fully saturated rings. The average molecular weight is 501 g/mol. The van der Waals surface area contributed by atoms with Gasteiger partial charge >= 0.3 is 0 Å². The minimum atomic E-state index is 0.383. The van der Waals surface area contributed by atoms with Crippen molar-refractivity contribution in [3.8, 4) is 23.0 Å². The molecule has 4 N–H and O–H groups in total. The van der Waals surface area contributed by atoms with Crippen molar-refractivity contribution >= 4 is 11.4 Å². The van der Waals surface area contributed by atoms with E-state index < -0.39 is 0 Å². The van der Waals surface area contributed by atoms with Gasteiger partial charge in [0.05, 0.1) is 0 Å². The molecule has 0 aliphatic rings. The Morgan fingerprint density at radius 2 is 0.921 bits per heavy atom. The first-order chi connectivity index (χ1) is 18.6. The normalized spacial score (nSPS) is 11.6. The first-order valence-electron chi connectivity index (χ1n) is 12.9. The van der Waals surface area contributed by atoms with E-state index in [-0.39, 0.29) is 0 Å². The molecule has 0 aliphatic heterocycles. The van der Waals surface area contributed by atoms with Crippen LogP contribution >= 0.6 is 0 Å². The Morgan fingerprint density at radius 3 is 1.42 bits per heavy atom. The predicted molar refractivity (Wildman–Crippen MR) is 156 cm³/mol. The van der Waals surface area contributed by atoms with Gasteiger partial charge in [0.1, 0.15) is 23.0 Å². The molecule has 0 aliphatic carbocycles. The summed E-state index contributed by atoms with van der Waals surface area (Å²) in [6, 6.07) is 42.4. The van der Waals surface area contributed by atoms with E-state index >= 15 is 0 Å². The van der Waals surface area contributed by atoms with Crippen LogP contribution in [0.5, 0.6) is 23.0 Å². The maximum Gasteiger partial charge on any atom is 0.127 e. The van der Waals surface area contributed by atoms with Crippen LogP contribution in [0.2, 0.25) is 0 Å². The lowest BCUT2D eigenvalue weighted by molar-refractivity contribution is 0.482. The Bertz CT molecular complexity index is 1410. The number of hydrogen-bond donors (Lipinski definition) is 2. The molecule has 1 unspecified atom stereocenters. The molecule has 4 nitrogen and oxygen atoms in total. The van der Waals surface area contributed by atoms with Crippen LogP contribution in [0.4, 0.5) is 11.4 Å². The Kier molecular flexibility index (Phi) is 7.90. The van der Waals surface area contributed by atoms with Crippen LogP contribution in [-0.4, -0.2) is 0 Å². The summed E-state index contributed by atoms with van der Waals surface area (Å²) >= 11 is 0. The fraction of sp³-hybridized carbons (Fsp3) is 0.118. The monoisotopic (exact) mass is 500 g/mol. The standard InChI is InChI=1S/C34H32N2O2/c35-29-12-20-33(21-13-29)37-31-16-7-25(8-17-31)6-9-28(24-26-4-2-1-3-5-26)27-10-18-32(19-11-27)38-34-22-14-30(36)15-23-34/h1-5,7-8,10-23,28H,6,9,24,35-36H2. The van der Waals surface area contributed by atoms with Gasteiger partial charge in [-0.05, 0) is 115 Å². The lowest BCUT2D eigenvalue weighted by Crippen LogP contribution is -2.05. The van der Waals surface area contributed by atoms with E-state index in [0.29, 0.717) is 5.92 Å². The maximum absolute atomic E-state index is 6.00. The zero-order valence-electron chi connectivity index (χ0n) is 21.3. The van der Waals surface area contributed by atoms with Crippen LogP contribution in [0.1, 0.15) is 29.0 Å². The van der Waals surface area contributed by atoms with Crippen LogP contribution in [0, 0.1) is 0 Å². The van der Waals surface area contributed by atoms with Gasteiger partial charge in [-0.3, -0.25) is 0 Å². The van der Waals surface area contributed by atoms with Gasteiger partial charge in [0, 0.05) is 11.4 Å². The molecule has 0 bridgehead atoms. The van der Waals surface area contributed by atoms with Gasteiger partial charge in [0.2, 0.25) is 0 Å². The van der Waals surface area contributed by atoms with E-state index in [2.05, 4.69) is 54.6 Å². The number of ether oxygens (including phenoxy) is 2. The van der Waals surface area contributed by atoms with Crippen molar-refractivity contribution in [2.45, 2.75) is 25.2 Å². The summed E-state index contributed by atoms with van der Waals surface area (Å²) in [6.45, 7) is 0. The van der Waals surface area contributed by atoms with Gasteiger partial charge in [-0.25, -0.2) is 0 Å². The topological polar surface area (TPSA) is 70.5 Å². The molecule has 0 radical (unpaired) electrons. The van der Waals surface area contributed by atoms with Gasteiger partial charge < -0.3 is 20.9 Å². The highest BCUT2D eigenvalue weighted by Gasteiger charge is 2.14. The first kappa shape index (κ1) is 25.0. The van der Waals surface area contributed by atoms with Gasteiger partial charge in [0.15, 0.2) is 0 Å². The highest BCUT2D eigenvalue weighted by molar-refractivity contribution is 5.44. The molecule has 5 aromatic rings. The summed E-state index contributed by atoms with van der Waals surface area (Å²) in [5.74, 6) is 3.56. The van der Waals surface area contributed by atoms with E-state index in [0.717, 1.165) is 53.6 Å². The second-order valence-electron chi connectivity index (χ2n) is 9.48. The summed E-state index contributed by atoms with van der Waals surface area (Å²) in [7, 11) is 0. The highest BCUT2D eigenvalue weighted by atomic mass is 16.5. The number of aryl methyl sites for hydroxylation is 1. The Labute approximate surface area is 224 Å². The molecule has 0 amide bonds. The number of anilines is 2. The second-order valence-corrected chi connectivity index (χ2v) is 9.48. The minimum absolute atomic E-state index is 0.383. The van der Waals surface area contributed by atoms with Crippen molar-refractivity contribution in [3.63, 3.8) is 0 Å². The average Bonchev–Trinajstić information content (AvgIpc) is 2.95. The summed E-state index contributed by atoms with van der Waals surface area (Å²) in [6.07, 6.45) is 2.99. The molecular weight excluding hydrogens is 468 g/mol. The first-order valence-corrected chi connectivity index (χ1v) is 12.9. The van der Waals surface area contributed by atoms with Crippen molar-refractivity contribution in [1.82, 2.24) is 0 Å². The van der Waals surface area contributed by atoms with Crippen molar-refractivity contribution in [2.75, 3.05) is 11.5 Å². The fourth-order valence-corrected chi connectivity index (χ4v) is 4.50. The van der Waals surface area contributed by atoms with Crippen LogP contribution in [0.3, 0.4) is 0 Å². The van der Waals surface area contributed by atoms with E-state index in [1.54, 1.807) is 0 Å².